The molecule has 0 aliphatic carbocycles. The molecule has 16 heteroatoms. The maximum absolute atomic E-state index is 13.7. The maximum atomic E-state index is 13.7. The largest absolute Gasteiger partial charge is 0.460 e. The zero-order chi connectivity index (χ0) is 36.9. The van der Waals surface area contributed by atoms with Gasteiger partial charge in [-0.05, 0) is 75.3 Å². The molecule has 0 fully saturated rings. The Morgan fingerprint density at radius 1 is 0.920 bits per heavy atom. The molecule has 0 radical (unpaired) electrons. The van der Waals surface area contributed by atoms with Gasteiger partial charge in [-0.15, -0.1) is 0 Å². The van der Waals surface area contributed by atoms with Crippen LogP contribution in [-0.2, 0) is 47.9 Å². The SMILES string of the molecule is CC(C)(C)OC(=O)CC[C@H](NC(=O)[C@@H](CCCc1ccncc1)NS(=O)(=O)Cc1ccc([N+](=O)[O-])cc1)C(=O)NCc1ccc(C(=N)N)cc1. The van der Waals surface area contributed by atoms with Crippen LogP contribution >= 0.6 is 0 Å². The number of aromatic nitrogens is 1. The molecule has 0 spiro atoms. The van der Waals surface area contributed by atoms with Crippen LogP contribution in [0, 0.1) is 15.5 Å². The topological polar surface area (TPSA) is 237 Å². The van der Waals surface area contributed by atoms with E-state index >= 15 is 0 Å². The summed E-state index contributed by atoms with van der Waals surface area (Å²) in [6.07, 6.45) is 3.89. The summed E-state index contributed by atoms with van der Waals surface area (Å²) in [5.41, 5.74) is 6.94. The Balaban J connectivity index is 1.79. The number of carbonyl (C=O) groups excluding carboxylic acids is 3. The second-order valence-electron chi connectivity index (χ2n) is 12.6. The minimum Gasteiger partial charge on any atom is -0.460 e. The molecule has 0 aliphatic heterocycles. The number of nitro groups is 1. The van der Waals surface area contributed by atoms with Gasteiger partial charge < -0.3 is 21.1 Å². The molecule has 0 aliphatic rings. The number of nitrogens with zero attached hydrogens (tertiary/aromatic N) is 2. The van der Waals surface area contributed by atoms with Gasteiger partial charge >= 0.3 is 5.97 Å². The average molecular weight is 710 g/mol. The highest BCUT2D eigenvalue weighted by Crippen LogP contribution is 2.16. The van der Waals surface area contributed by atoms with E-state index in [-0.39, 0.29) is 42.9 Å². The highest BCUT2D eigenvalue weighted by molar-refractivity contribution is 7.88. The molecule has 1 aromatic heterocycles. The number of benzene rings is 2. The smallest absolute Gasteiger partial charge is 0.306 e. The minimum atomic E-state index is -4.15. The molecule has 0 saturated heterocycles. The van der Waals surface area contributed by atoms with E-state index in [2.05, 4.69) is 20.3 Å². The maximum Gasteiger partial charge on any atom is 0.306 e. The van der Waals surface area contributed by atoms with E-state index in [0.29, 0.717) is 24.0 Å². The van der Waals surface area contributed by atoms with Gasteiger partial charge in [-0.2, -0.15) is 0 Å². The fourth-order valence-electron chi connectivity index (χ4n) is 4.81. The van der Waals surface area contributed by atoms with Crippen LogP contribution in [0.2, 0.25) is 0 Å². The van der Waals surface area contributed by atoms with Crippen LogP contribution in [0.5, 0.6) is 0 Å². The molecule has 0 unspecified atom stereocenters. The number of hydrogen-bond acceptors (Lipinski definition) is 10. The zero-order valence-electron chi connectivity index (χ0n) is 28.2. The Labute approximate surface area is 291 Å². The summed E-state index contributed by atoms with van der Waals surface area (Å²) in [5.74, 6) is -2.63. The molecule has 268 valence electrons. The van der Waals surface area contributed by atoms with Crippen molar-refractivity contribution in [3.05, 3.63) is 105 Å². The molecule has 3 aromatic rings. The normalized spacial score (nSPS) is 12.7. The first-order valence-corrected chi connectivity index (χ1v) is 17.5. The number of rotatable bonds is 18. The molecule has 2 amide bonds. The molecule has 0 bridgehead atoms. The predicted octanol–water partition coefficient (Wildman–Crippen LogP) is 3.01. The highest BCUT2D eigenvalue weighted by atomic mass is 32.2. The van der Waals surface area contributed by atoms with Crippen molar-refractivity contribution in [2.45, 2.75) is 82.9 Å². The van der Waals surface area contributed by atoms with Gasteiger partial charge in [0.2, 0.25) is 21.8 Å². The van der Waals surface area contributed by atoms with Crippen LogP contribution in [0.25, 0.3) is 0 Å². The quantitative estimate of drug-likeness (QED) is 0.0425. The third kappa shape index (κ3) is 13.7. The van der Waals surface area contributed by atoms with Gasteiger partial charge in [-0.1, -0.05) is 36.4 Å². The van der Waals surface area contributed by atoms with E-state index < -0.39 is 56.2 Å². The number of sulfonamides is 1. The van der Waals surface area contributed by atoms with Gasteiger partial charge in [0.25, 0.3) is 5.69 Å². The Kier molecular flexibility index (Phi) is 14.1. The second kappa shape index (κ2) is 18.0. The summed E-state index contributed by atoms with van der Waals surface area (Å²) < 4.78 is 34.3. The van der Waals surface area contributed by atoms with Crippen LogP contribution in [0.15, 0.2) is 73.1 Å². The van der Waals surface area contributed by atoms with E-state index in [1.807, 2.05) is 0 Å². The fraction of sp³-hybridized carbons (Fsp3) is 0.382. The number of nitrogens with two attached hydrogens (primary N) is 1. The van der Waals surface area contributed by atoms with Crippen molar-refractivity contribution in [2.75, 3.05) is 0 Å². The predicted molar refractivity (Wildman–Crippen MR) is 186 cm³/mol. The van der Waals surface area contributed by atoms with Crippen molar-refractivity contribution in [3.8, 4) is 0 Å². The van der Waals surface area contributed by atoms with Gasteiger partial charge in [-0.25, -0.2) is 13.1 Å². The fourth-order valence-corrected chi connectivity index (χ4v) is 6.18. The number of pyridine rings is 1. The summed E-state index contributed by atoms with van der Waals surface area (Å²) in [6, 6.07) is 12.7. The highest BCUT2D eigenvalue weighted by Gasteiger charge is 2.30. The first-order valence-electron chi connectivity index (χ1n) is 15.9. The van der Waals surface area contributed by atoms with E-state index in [1.165, 1.54) is 24.3 Å². The number of esters is 1. The third-order valence-electron chi connectivity index (χ3n) is 7.27. The van der Waals surface area contributed by atoms with Crippen molar-refractivity contribution in [1.82, 2.24) is 20.3 Å². The lowest BCUT2D eigenvalue weighted by atomic mass is 10.0. The number of nitro benzene ring substituents is 1. The van der Waals surface area contributed by atoms with Gasteiger partial charge in [0, 0.05) is 43.1 Å². The molecular weight excluding hydrogens is 666 g/mol. The first-order chi connectivity index (χ1) is 23.5. The van der Waals surface area contributed by atoms with Crippen LogP contribution in [0.4, 0.5) is 5.69 Å². The molecule has 15 nitrogen and oxygen atoms in total. The molecule has 2 aromatic carbocycles. The number of nitrogen functional groups attached to an aromatic ring is 1. The van der Waals surface area contributed by atoms with Crippen molar-refractivity contribution < 1.29 is 32.5 Å². The van der Waals surface area contributed by atoms with Crippen LogP contribution in [-0.4, -0.2) is 59.6 Å². The summed E-state index contributed by atoms with van der Waals surface area (Å²) in [6.45, 7) is 5.17. The number of nitrogens with one attached hydrogen (secondary N) is 4. The molecule has 0 saturated carbocycles. The number of hydrogen-bond donors (Lipinski definition) is 5. The van der Waals surface area contributed by atoms with Crippen LogP contribution in [0.3, 0.4) is 0 Å². The van der Waals surface area contributed by atoms with Crippen LogP contribution in [0.1, 0.15) is 68.7 Å². The molecular formula is C34H43N7O8S. The monoisotopic (exact) mass is 709 g/mol. The number of aryl methyl sites for hydroxylation is 1. The standard InChI is InChI=1S/C34H43N7O8S/c1-34(2,3)49-30(42)16-15-28(32(43)38-21-24-7-11-26(12-8-24)31(35)36)39-33(44)29(6-4-5-23-17-19-37-20-18-23)40-50(47,48)22-25-9-13-27(14-10-25)41(45)46/h7-14,17-20,28-29,40H,4-6,15-16,21-22H2,1-3H3,(H3,35,36)(H,38,43)(H,39,44)/t28-,29+/m0/s1. The van der Waals surface area contributed by atoms with Gasteiger partial charge in [-0.3, -0.25) is 34.9 Å². The number of carbonyl (C=O) groups is 3. The molecule has 1 heterocycles. The first kappa shape index (κ1) is 39.2. The van der Waals surface area contributed by atoms with E-state index in [9.17, 15) is 32.9 Å². The number of ether oxygens (including phenoxy) is 1. The second-order valence-corrected chi connectivity index (χ2v) is 14.4. The Bertz CT molecular complexity index is 1740. The number of amides is 2. The lowest BCUT2D eigenvalue weighted by molar-refractivity contribution is -0.384. The summed E-state index contributed by atoms with van der Waals surface area (Å²) in [5, 5.41) is 23.9. The minimum absolute atomic E-state index is 0.0626. The van der Waals surface area contributed by atoms with Gasteiger partial charge in [0.05, 0.1) is 10.7 Å². The van der Waals surface area contributed by atoms with Crippen molar-refractivity contribution in [2.24, 2.45) is 5.73 Å². The van der Waals surface area contributed by atoms with Crippen molar-refractivity contribution in [1.29, 1.82) is 5.41 Å². The Hall–Kier alpha value is -5.22. The number of non-ortho nitro benzene ring substituents is 1. The van der Waals surface area contributed by atoms with E-state index in [4.69, 9.17) is 15.9 Å². The molecule has 2 atom stereocenters. The molecule has 50 heavy (non-hydrogen) atoms. The van der Waals surface area contributed by atoms with Gasteiger partial charge in [0.15, 0.2) is 0 Å². The molecule has 3 rings (SSSR count). The summed E-state index contributed by atoms with van der Waals surface area (Å²) in [4.78, 5) is 54.1. The van der Waals surface area contributed by atoms with E-state index in [1.54, 1.807) is 69.6 Å². The molecule has 6 N–H and O–H groups in total. The Morgan fingerprint density at radius 2 is 1.54 bits per heavy atom. The van der Waals surface area contributed by atoms with Crippen molar-refractivity contribution >= 4 is 39.3 Å². The van der Waals surface area contributed by atoms with Crippen molar-refractivity contribution in [3.63, 3.8) is 0 Å². The zero-order valence-corrected chi connectivity index (χ0v) is 29.0. The lowest BCUT2D eigenvalue weighted by Crippen LogP contribution is -2.53. The summed E-state index contributed by atoms with van der Waals surface area (Å²) >= 11 is 0. The van der Waals surface area contributed by atoms with E-state index in [0.717, 1.165) is 5.56 Å². The average Bonchev–Trinajstić information content (AvgIpc) is 3.04. The lowest BCUT2D eigenvalue weighted by Gasteiger charge is -2.24. The third-order valence-corrected chi connectivity index (χ3v) is 8.63. The van der Waals surface area contributed by atoms with Crippen LogP contribution < -0.4 is 21.1 Å². The van der Waals surface area contributed by atoms with Gasteiger partial charge in [0.1, 0.15) is 23.5 Å². The Morgan fingerprint density at radius 3 is 2.12 bits per heavy atom. The number of amidine groups is 1. The summed E-state index contributed by atoms with van der Waals surface area (Å²) in [7, 11) is -4.15.